The number of hydrogen-bond acceptors (Lipinski definition) is 6. The molecule has 3 rings (SSSR count). The van der Waals surface area contributed by atoms with E-state index < -0.39 is 5.97 Å². The third kappa shape index (κ3) is 4.54. The zero-order valence-corrected chi connectivity index (χ0v) is 14.1. The van der Waals surface area contributed by atoms with Gasteiger partial charge in [-0.15, -0.1) is 0 Å². The lowest BCUT2D eigenvalue weighted by molar-refractivity contribution is -0.0451. The van der Waals surface area contributed by atoms with E-state index in [0.29, 0.717) is 26.3 Å². The molecule has 26 heavy (non-hydrogen) atoms. The largest absolute Gasteiger partial charge is 0.494 e. The molecule has 1 saturated heterocycles. The molecule has 0 spiro atoms. The van der Waals surface area contributed by atoms with Gasteiger partial charge in [0.1, 0.15) is 11.4 Å². The summed E-state index contributed by atoms with van der Waals surface area (Å²) in [5, 5.41) is 8.78. The first kappa shape index (κ1) is 17.8. The number of carbonyl (C=O) groups is 2. The quantitative estimate of drug-likeness (QED) is 0.714. The monoisotopic (exact) mass is 357 g/mol. The van der Waals surface area contributed by atoms with Crippen LogP contribution in [-0.2, 0) is 4.74 Å². The number of aromatic nitrogens is 2. The van der Waals surface area contributed by atoms with Crippen LogP contribution in [0.2, 0.25) is 0 Å². The topological polar surface area (TPSA) is 102 Å². The maximum Gasteiger partial charge on any atom is 0.356 e. The summed E-state index contributed by atoms with van der Waals surface area (Å²) in [5.41, 5.74) is -0.0613. The van der Waals surface area contributed by atoms with Crippen molar-refractivity contribution >= 4 is 11.9 Å². The highest BCUT2D eigenvalue weighted by Gasteiger charge is 2.32. The van der Waals surface area contributed by atoms with Gasteiger partial charge >= 0.3 is 5.97 Å². The summed E-state index contributed by atoms with van der Waals surface area (Å²) in [6, 6.07) is 9.59. The average molecular weight is 357 g/mol. The molecular weight excluding hydrogens is 338 g/mol. The number of carbonyl (C=O) groups excluding carboxylic acids is 1. The van der Waals surface area contributed by atoms with Gasteiger partial charge in [0.25, 0.3) is 5.91 Å². The number of aromatic carboxylic acids is 1. The van der Waals surface area contributed by atoms with Gasteiger partial charge in [-0.05, 0) is 12.1 Å². The van der Waals surface area contributed by atoms with Crippen molar-refractivity contribution in [3.63, 3.8) is 0 Å². The Balaban J connectivity index is 1.32. The SMILES string of the molecule is O=C(O)c1cnc(C(=O)N2CC(OCCCOc3ccccc3)C2)cn1. The van der Waals surface area contributed by atoms with Crippen molar-refractivity contribution in [2.75, 3.05) is 26.3 Å². The molecule has 1 fully saturated rings. The molecule has 0 saturated carbocycles. The van der Waals surface area contributed by atoms with Crippen LogP contribution < -0.4 is 4.74 Å². The first-order valence-electron chi connectivity index (χ1n) is 8.27. The molecule has 0 unspecified atom stereocenters. The van der Waals surface area contributed by atoms with Crippen molar-refractivity contribution in [2.24, 2.45) is 0 Å². The second kappa shape index (κ2) is 8.39. The number of rotatable bonds is 8. The molecule has 0 aliphatic carbocycles. The van der Waals surface area contributed by atoms with Gasteiger partial charge < -0.3 is 19.5 Å². The van der Waals surface area contributed by atoms with Crippen LogP contribution in [0, 0.1) is 0 Å². The fourth-order valence-electron chi connectivity index (χ4n) is 2.44. The zero-order chi connectivity index (χ0) is 18.4. The van der Waals surface area contributed by atoms with E-state index >= 15 is 0 Å². The Morgan fingerprint density at radius 2 is 1.77 bits per heavy atom. The lowest BCUT2D eigenvalue weighted by atomic mass is 10.1. The molecule has 1 aromatic heterocycles. The summed E-state index contributed by atoms with van der Waals surface area (Å²) in [6.45, 7) is 2.11. The second-order valence-electron chi connectivity index (χ2n) is 5.81. The number of nitrogens with zero attached hydrogens (tertiary/aromatic N) is 3. The van der Waals surface area contributed by atoms with Crippen molar-refractivity contribution in [3.8, 4) is 5.75 Å². The average Bonchev–Trinajstić information content (AvgIpc) is 2.63. The fourth-order valence-corrected chi connectivity index (χ4v) is 2.44. The van der Waals surface area contributed by atoms with Gasteiger partial charge in [-0.25, -0.2) is 14.8 Å². The Morgan fingerprint density at radius 3 is 2.42 bits per heavy atom. The molecule has 136 valence electrons. The Morgan fingerprint density at radius 1 is 1.08 bits per heavy atom. The number of carboxylic acids is 1. The maximum atomic E-state index is 12.2. The number of para-hydroxylation sites is 1. The lowest BCUT2D eigenvalue weighted by Gasteiger charge is -2.38. The van der Waals surface area contributed by atoms with E-state index in [1.807, 2.05) is 30.3 Å². The molecule has 0 bridgehead atoms. The standard InChI is InChI=1S/C18H19N3O5/c22-17(15-9-20-16(10-19-15)18(23)24)21-11-14(12-21)26-8-4-7-25-13-5-2-1-3-6-13/h1-3,5-6,9-10,14H,4,7-8,11-12H2,(H,23,24). The molecule has 0 atom stereocenters. The van der Waals surface area contributed by atoms with Crippen LogP contribution in [0.1, 0.15) is 27.4 Å². The van der Waals surface area contributed by atoms with E-state index in [0.717, 1.165) is 18.4 Å². The van der Waals surface area contributed by atoms with Crippen molar-refractivity contribution in [1.29, 1.82) is 0 Å². The predicted molar refractivity (Wildman–Crippen MR) is 91.2 cm³/mol. The Bertz CT molecular complexity index is 745. The molecular formula is C18H19N3O5. The molecule has 1 aliphatic heterocycles. The van der Waals surface area contributed by atoms with Crippen LogP contribution in [0.3, 0.4) is 0 Å². The van der Waals surface area contributed by atoms with Crippen molar-refractivity contribution < 1.29 is 24.2 Å². The van der Waals surface area contributed by atoms with Gasteiger partial charge in [-0.3, -0.25) is 4.79 Å². The normalized spacial score (nSPS) is 13.9. The Hall–Kier alpha value is -3.00. The van der Waals surface area contributed by atoms with Crippen LogP contribution in [0.15, 0.2) is 42.7 Å². The minimum Gasteiger partial charge on any atom is -0.494 e. The highest BCUT2D eigenvalue weighted by molar-refractivity contribution is 5.93. The van der Waals surface area contributed by atoms with Gasteiger partial charge in [0.05, 0.1) is 31.7 Å². The molecule has 2 aromatic rings. The summed E-state index contributed by atoms with van der Waals surface area (Å²) in [6.07, 6.45) is 3.03. The van der Waals surface area contributed by atoms with E-state index in [-0.39, 0.29) is 23.4 Å². The number of benzene rings is 1. The van der Waals surface area contributed by atoms with Gasteiger partial charge in [0.15, 0.2) is 5.69 Å². The molecule has 1 aromatic carbocycles. The lowest BCUT2D eigenvalue weighted by Crippen LogP contribution is -2.55. The van der Waals surface area contributed by atoms with Crippen LogP contribution in [-0.4, -0.2) is 64.3 Å². The van der Waals surface area contributed by atoms with Gasteiger partial charge in [0, 0.05) is 19.5 Å². The molecule has 1 amide bonds. The summed E-state index contributed by atoms with van der Waals surface area (Å²) in [7, 11) is 0. The number of ether oxygens (including phenoxy) is 2. The predicted octanol–water partition coefficient (Wildman–Crippen LogP) is 1.48. The van der Waals surface area contributed by atoms with E-state index in [1.165, 1.54) is 6.20 Å². The minimum absolute atomic E-state index is 0.00178. The van der Waals surface area contributed by atoms with Gasteiger partial charge in [0.2, 0.25) is 0 Å². The van der Waals surface area contributed by atoms with Crippen LogP contribution in [0.5, 0.6) is 5.75 Å². The highest BCUT2D eigenvalue weighted by atomic mass is 16.5. The first-order chi connectivity index (χ1) is 12.6. The number of likely N-dealkylation sites (tertiary alicyclic amines) is 1. The van der Waals surface area contributed by atoms with Gasteiger partial charge in [-0.1, -0.05) is 18.2 Å². The van der Waals surface area contributed by atoms with Gasteiger partial charge in [-0.2, -0.15) is 0 Å². The van der Waals surface area contributed by atoms with Crippen LogP contribution in [0.25, 0.3) is 0 Å². The molecule has 8 nitrogen and oxygen atoms in total. The van der Waals surface area contributed by atoms with Crippen molar-refractivity contribution in [2.45, 2.75) is 12.5 Å². The first-order valence-corrected chi connectivity index (χ1v) is 8.27. The summed E-state index contributed by atoms with van der Waals surface area (Å²) in [4.78, 5) is 32.1. The molecule has 2 heterocycles. The Kier molecular flexibility index (Phi) is 5.75. The summed E-state index contributed by atoms with van der Waals surface area (Å²) < 4.78 is 11.3. The van der Waals surface area contributed by atoms with Crippen LogP contribution >= 0.6 is 0 Å². The van der Waals surface area contributed by atoms with E-state index in [4.69, 9.17) is 14.6 Å². The fraction of sp³-hybridized carbons (Fsp3) is 0.333. The molecule has 1 N–H and O–H groups in total. The Labute approximate surface area is 150 Å². The van der Waals surface area contributed by atoms with E-state index in [2.05, 4.69) is 9.97 Å². The van der Waals surface area contributed by atoms with Crippen molar-refractivity contribution in [1.82, 2.24) is 14.9 Å². The van der Waals surface area contributed by atoms with Crippen LogP contribution in [0.4, 0.5) is 0 Å². The molecule has 8 heteroatoms. The smallest absolute Gasteiger partial charge is 0.356 e. The second-order valence-corrected chi connectivity index (χ2v) is 5.81. The summed E-state index contributed by atoms with van der Waals surface area (Å²) in [5.74, 6) is -0.616. The highest BCUT2D eigenvalue weighted by Crippen LogP contribution is 2.15. The molecule has 0 radical (unpaired) electrons. The molecule has 1 aliphatic rings. The third-order valence-electron chi connectivity index (χ3n) is 3.88. The number of hydrogen-bond donors (Lipinski definition) is 1. The third-order valence-corrected chi connectivity index (χ3v) is 3.88. The van der Waals surface area contributed by atoms with E-state index in [1.54, 1.807) is 4.90 Å². The zero-order valence-electron chi connectivity index (χ0n) is 14.1. The van der Waals surface area contributed by atoms with Crippen molar-refractivity contribution in [3.05, 3.63) is 54.1 Å². The number of amides is 1. The van der Waals surface area contributed by atoms with E-state index in [9.17, 15) is 9.59 Å². The number of carboxylic acid groups (broad SMARTS) is 1. The minimum atomic E-state index is -1.18. The summed E-state index contributed by atoms with van der Waals surface area (Å²) >= 11 is 0. The maximum absolute atomic E-state index is 12.2.